The number of nitrogens with zero attached hydrogens (tertiary/aromatic N) is 4. The van der Waals surface area contributed by atoms with E-state index in [4.69, 9.17) is 0 Å². The van der Waals surface area contributed by atoms with Gasteiger partial charge in [0, 0.05) is 34.7 Å². The van der Waals surface area contributed by atoms with Gasteiger partial charge in [0.25, 0.3) is 0 Å². The summed E-state index contributed by atoms with van der Waals surface area (Å²) in [5.41, 5.74) is 3.99. The van der Waals surface area contributed by atoms with Crippen LogP contribution in [0.2, 0.25) is 0 Å². The quantitative estimate of drug-likeness (QED) is 0.801. The van der Waals surface area contributed by atoms with Crippen LogP contribution in [0.25, 0.3) is 10.6 Å². The third-order valence-electron chi connectivity index (χ3n) is 2.89. The van der Waals surface area contributed by atoms with E-state index in [2.05, 4.69) is 25.3 Å². The van der Waals surface area contributed by atoms with Crippen molar-refractivity contribution in [1.29, 1.82) is 0 Å². The Morgan fingerprint density at radius 3 is 2.48 bits per heavy atom. The zero-order chi connectivity index (χ0) is 14.7. The second-order valence-electron chi connectivity index (χ2n) is 4.71. The van der Waals surface area contributed by atoms with Crippen LogP contribution in [0.5, 0.6) is 0 Å². The smallest absolute Gasteiger partial charge is 0.223 e. The van der Waals surface area contributed by atoms with Gasteiger partial charge >= 0.3 is 0 Å². The van der Waals surface area contributed by atoms with E-state index < -0.39 is 0 Å². The first kappa shape index (κ1) is 13.6. The Kier molecular flexibility index (Phi) is 3.87. The van der Waals surface area contributed by atoms with Crippen molar-refractivity contribution in [1.82, 2.24) is 19.9 Å². The van der Waals surface area contributed by atoms with Crippen molar-refractivity contribution in [3.05, 3.63) is 53.1 Å². The molecule has 3 aromatic heterocycles. The van der Waals surface area contributed by atoms with Crippen LogP contribution in [-0.2, 0) is 6.54 Å². The van der Waals surface area contributed by atoms with Crippen molar-refractivity contribution in [3.63, 3.8) is 0 Å². The lowest BCUT2D eigenvalue weighted by molar-refractivity contribution is 0.985. The highest BCUT2D eigenvalue weighted by atomic mass is 32.1. The normalized spacial score (nSPS) is 10.6. The lowest BCUT2D eigenvalue weighted by atomic mass is 10.3. The predicted octanol–water partition coefficient (Wildman–Crippen LogP) is 3.22. The zero-order valence-corrected chi connectivity index (χ0v) is 12.7. The number of rotatable bonds is 4. The third kappa shape index (κ3) is 3.41. The third-order valence-corrected chi connectivity index (χ3v) is 3.83. The van der Waals surface area contributed by atoms with Gasteiger partial charge in [0.15, 0.2) is 0 Å². The van der Waals surface area contributed by atoms with Gasteiger partial charge in [-0.2, -0.15) is 0 Å². The van der Waals surface area contributed by atoms with Crippen LogP contribution in [0, 0.1) is 13.8 Å². The van der Waals surface area contributed by atoms with Crippen LogP contribution < -0.4 is 5.32 Å². The van der Waals surface area contributed by atoms with Gasteiger partial charge in [0.2, 0.25) is 5.95 Å². The van der Waals surface area contributed by atoms with E-state index in [9.17, 15) is 0 Å². The molecule has 106 valence electrons. The molecule has 0 aliphatic rings. The molecule has 0 aliphatic carbocycles. The molecule has 0 unspecified atom stereocenters. The molecule has 3 aromatic rings. The van der Waals surface area contributed by atoms with E-state index in [0.29, 0.717) is 12.5 Å². The fourth-order valence-electron chi connectivity index (χ4n) is 1.99. The summed E-state index contributed by atoms with van der Waals surface area (Å²) in [5.74, 6) is 0.644. The topological polar surface area (TPSA) is 63.6 Å². The molecule has 0 saturated heterocycles. The van der Waals surface area contributed by atoms with Crippen molar-refractivity contribution in [2.24, 2.45) is 0 Å². The van der Waals surface area contributed by atoms with E-state index in [1.807, 2.05) is 37.4 Å². The first-order chi connectivity index (χ1) is 10.2. The Labute approximate surface area is 127 Å². The van der Waals surface area contributed by atoms with Crippen LogP contribution in [0.15, 0.2) is 36.0 Å². The van der Waals surface area contributed by atoms with Crippen molar-refractivity contribution >= 4 is 17.3 Å². The lowest BCUT2D eigenvalue weighted by Gasteiger charge is -2.04. The molecule has 0 bridgehead atoms. The average molecular weight is 297 g/mol. The summed E-state index contributed by atoms with van der Waals surface area (Å²) >= 11 is 1.62. The molecular formula is C15H15N5S. The van der Waals surface area contributed by atoms with Crippen molar-refractivity contribution in [3.8, 4) is 10.6 Å². The standard InChI is InChI=1S/C15H15N5S/c1-10-7-11(2)19-15(18-10)17-8-13-9-21-14(20-13)12-3-5-16-6-4-12/h3-7,9H,8H2,1-2H3,(H,17,18,19). The van der Waals surface area contributed by atoms with E-state index >= 15 is 0 Å². The zero-order valence-electron chi connectivity index (χ0n) is 11.9. The fraction of sp³-hybridized carbons (Fsp3) is 0.200. The van der Waals surface area contributed by atoms with Crippen molar-refractivity contribution in [2.75, 3.05) is 5.32 Å². The number of hydrogen-bond acceptors (Lipinski definition) is 6. The molecule has 3 rings (SSSR count). The average Bonchev–Trinajstić information content (AvgIpc) is 2.94. The monoisotopic (exact) mass is 297 g/mol. The molecule has 0 spiro atoms. The number of aryl methyl sites for hydroxylation is 2. The highest BCUT2D eigenvalue weighted by Crippen LogP contribution is 2.23. The highest BCUT2D eigenvalue weighted by molar-refractivity contribution is 7.13. The summed E-state index contributed by atoms with van der Waals surface area (Å²) in [6, 6.07) is 5.88. The molecule has 0 aliphatic heterocycles. The highest BCUT2D eigenvalue weighted by Gasteiger charge is 2.05. The molecule has 0 radical (unpaired) electrons. The summed E-state index contributed by atoms with van der Waals surface area (Å²) in [5, 5.41) is 6.26. The first-order valence-electron chi connectivity index (χ1n) is 6.62. The molecule has 21 heavy (non-hydrogen) atoms. The molecule has 1 N–H and O–H groups in total. The van der Waals surface area contributed by atoms with Gasteiger partial charge in [-0.15, -0.1) is 11.3 Å². The molecular weight excluding hydrogens is 282 g/mol. The van der Waals surface area contributed by atoms with Gasteiger partial charge < -0.3 is 5.32 Å². The van der Waals surface area contributed by atoms with Crippen LogP contribution >= 0.6 is 11.3 Å². The van der Waals surface area contributed by atoms with E-state index in [1.54, 1.807) is 23.7 Å². The number of nitrogens with one attached hydrogen (secondary N) is 1. The summed E-state index contributed by atoms with van der Waals surface area (Å²) in [4.78, 5) is 17.3. The Balaban J connectivity index is 1.70. The molecule has 0 saturated carbocycles. The van der Waals surface area contributed by atoms with Crippen LogP contribution in [-0.4, -0.2) is 19.9 Å². The molecule has 3 heterocycles. The molecule has 0 aromatic carbocycles. The number of thiazole rings is 1. The van der Waals surface area contributed by atoms with E-state index in [-0.39, 0.29) is 0 Å². The number of pyridine rings is 1. The maximum atomic E-state index is 4.61. The number of aromatic nitrogens is 4. The number of anilines is 1. The lowest BCUT2D eigenvalue weighted by Crippen LogP contribution is -2.05. The molecule has 6 heteroatoms. The van der Waals surface area contributed by atoms with E-state index in [1.165, 1.54) is 0 Å². The Morgan fingerprint density at radius 2 is 1.76 bits per heavy atom. The van der Waals surface area contributed by atoms with Crippen LogP contribution in [0.4, 0.5) is 5.95 Å². The minimum absolute atomic E-state index is 0.616. The number of hydrogen-bond donors (Lipinski definition) is 1. The van der Waals surface area contributed by atoms with E-state index in [0.717, 1.165) is 27.7 Å². The first-order valence-corrected chi connectivity index (χ1v) is 7.49. The predicted molar refractivity (Wildman–Crippen MR) is 84.2 cm³/mol. The van der Waals surface area contributed by atoms with Gasteiger partial charge in [0.1, 0.15) is 5.01 Å². The Morgan fingerprint density at radius 1 is 1.05 bits per heavy atom. The summed E-state index contributed by atoms with van der Waals surface area (Å²) in [6.07, 6.45) is 3.55. The minimum atomic E-state index is 0.616. The maximum Gasteiger partial charge on any atom is 0.223 e. The van der Waals surface area contributed by atoms with Crippen molar-refractivity contribution < 1.29 is 0 Å². The SMILES string of the molecule is Cc1cc(C)nc(NCc2csc(-c3ccncc3)n2)n1. The van der Waals surface area contributed by atoms with Gasteiger partial charge in [-0.3, -0.25) is 4.98 Å². The minimum Gasteiger partial charge on any atom is -0.349 e. The Bertz CT molecular complexity index is 719. The molecule has 0 atom stereocenters. The second-order valence-corrected chi connectivity index (χ2v) is 5.57. The van der Waals surface area contributed by atoms with Crippen LogP contribution in [0.3, 0.4) is 0 Å². The van der Waals surface area contributed by atoms with Crippen molar-refractivity contribution in [2.45, 2.75) is 20.4 Å². The second kappa shape index (κ2) is 5.97. The Hall–Kier alpha value is -2.34. The van der Waals surface area contributed by atoms with Crippen LogP contribution in [0.1, 0.15) is 17.1 Å². The van der Waals surface area contributed by atoms with Gasteiger partial charge in [-0.1, -0.05) is 0 Å². The largest absolute Gasteiger partial charge is 0.349 e. The fourth-order valence-corrected chi connectivity index (χ4v) is 2.82. The van der Waals surface area contributed by atoms with Gasteiger partial charge in [-0.05, 0) is 32.0 Å². The molecule has 5 nitrogen and oxygen atoms in total. The summed E-state index contributed by atoms with van der Waals surface area (Å²) in [6.45, 7) is 4.54. The van der Waals surface area contributed by atoms with Gasteiger partial charge in [0.05, 0.1) is 12.2 Å². The maximum absolute atomic E-state index is 4.61. The molecule has 0 fully saturated rings. The molecule has 0 amide bonds. The van der Waals surface area contributed by atoms with Gasteiger partial charge in [-0.25, -0.2) is 15.0 Å². The summed E-state index contributed by atoms with van der Waals surface area (Å²) < 4.78 is 0. The summed E-state index contributed by atoms with van der Waals surface area (Å²) in [7, 11) is 0.